The molecule has 2 aromatic rings. The maximum absolute atomic E-state index is 12.0. The zero-order valence-corrected chi connectivity index (χ0v) is 14.9. The number of hydrogen-bond acceptors (Lipinski definition) is 5. The van der Waals surface area contributed by atoms with Crippen LogP contribution in [0.3, 0.4) is 0 Å². The number of nitrogens with one attached hydrogen (secondary N) is 1. The average Bonchev–Trinajstić information content (AvgIpc) is 2.68. The van der Waals surface area contributed by atoms with Gasteiger partial charge in [0.05, 0.1) is 13.2 Å². The predicted octanol–water partition coefficient (Wildman–Crippen LogP) is 1.85. The van der Waals surface area contributed by atoms with Gasteiger partial charge in [-0.25, -0.2) is 0 Å². The van der Waals surface area contributed by atoms with Crippen LogP contribution >= 0.6 is 0 Å². The van der Waals surface area contributed by atoms with Crippen LogP contribution in [0.5, 0.6) is 5.75 Å². The summed E-state index contributed by atoms with van der Waals surface area (Å²) in [4.78, 5) is 25.2. The third-order valence-electron chi connectivity index (χ3n) is 4.71. The number of ketones is 1. The predicted molar refractivity (Wildman–Crippen MR) is 100 cm³/mol. The number of rotatable bonds is 7. The number of carbonyl (C=O) groups excluding carboxylic acids is 2. The van der Waals surface area contributed by atoms with Gasteiger partial charge in [-0.2, -0.15) is 0 Å². The monoisotopic (exact) mass is 352 g/mol. The average molecular weight is 352 g/mol. The summed E-state index contributed by atoms with van der Waals surface area (Å²) in [6, 6.07) is 17.8. The zero-order valence-electron chi connectivity index (χ0n) is 14.9. The molecular weight excluding hydrogens is 328 g/mol. The van der Waals surface area contributed by atoms with Crippen LogP contribution in [0.15, 0.2) is 54.6 Å². The smallest absolute Gasteiger partial charge is 0.213 e. The maximum Gasteiger partial charge on any atom is 0.213 e. The van der Waals surface area contributed by atoms with Crippen molar-refractivity contribution in [1.82, 2.24) is 10.2 Å². The number of piperazine rings is 1. The van der Waals surface area contributed by atoms with Gasteiger partial charge in [-0.05, 0) is 29.7 Å². The molecular formula is C21H24N2O3. The van der Waals surface area contributed by atoms with E-state index in [4.69, 9.17) is 4.74 Å². The van der Waals surface area contributed by atoms with E-state index in [1.807, 2.05) is 42.5 Å². The number of methoxy groups -OCH3 is 1. The Morgan fingerprint density at radius 2 is 1.85 bits per heavy atom. The van der Waals surface area contributed by atoms with Crippen molar-refractivity contribution in [3.63, 3.8) is 0 Å². The van der Waals surface area contributed by atoms with Crippen molar-refractivity contribution in [3.8, 4) is 5.75 Å². The Bertz CT molecular complexity index is 731. The fourth-order valence-corrected chi connectivity index (χ4v) is 3.43. The van der Waals surface area contributed by atoms with E-state index in [0.29, 0.717) is 12.8 Å². The molecule has 1 saturated heterocycles. The number of aldehydes is 1. The van der Waals surface area contributed by atoms with Crippen molar-refractivity contribution in [2.75, 3.05) is 20.2 Å². The summed E-state index contributed by atoms with van der Waals surface area (Å²) in [5.74, 6) is 0.438. The Labute approximate surface area is 154 Å². The summed E-state index contributed by atoms with van der Waals surface area (Å²) in [5.41, 5.74) is 2.37. The van der Waals surface area contributed by atoms with Gasteiger partial charge in [0.25, 0.3) is 0 Å². The van der Waals surface area contributed by atoms with Gasteiger partial charge in [-0.1, -0.05) is 42.5 Å². The molecule has 1 heterocycles. The molecule has 1 aliphatic rings. The second-order valence-electron chi connectivity index (χ2n) is 6.67. The molecule has 1 aliphatic heterocycles. The number of hydrogen-bond donors (Lipinski definition) is 1. The number of carbonyl (C=O) groups is 2. The molecule has 0 aliphatic carbocycles. The summed E-state index contributed by atoms with van der Waals surface area (Å²) in [6.07, 6.45) is 1.21. The second kappa shape index (κ2) is 8.74. The van der Waals surface area contributed by atoms with Crippen LogP contribution in [0.25, 0.3) is 0 Å². The molecule has 1 fully saturated rings. The Balaban J connectivity index is 1.70. The fraction of sp³-hybridized carbons (Fsp3) is 0.333. The van der Waals surface area contributed by atoms with Gasteiger partial charge >= 0.3 is 0 Å². The van der Waals surface area contributed by atoms with Crippen molar-refractivity contribution >= 4 is 12.1 Å². The highest BCUT2D eigenvalue weighted by Crippen LogP contribution is 2.16. The first-order valence-electron chi connectivity index (χ1n) is 8.82. The minimum atomic E-state index is -0.451. The minimum absolute atomic E-state index is 0.106. The molecule has 26 heavy (non-hydrogen) atoms. The quantitative estimate of drug-likeness (QED) is 0.609. The summed E-state index contributed by atoms with van der Waals surface area (Å²) >= 11 is 0. The lowest BCUT2D eigenvalue weighted by Crippen LogP contribution is -2.59. The van der Waals surface area contributed by atoms with Crippen LogP contribution in [-0.2, 0) is 22.6 Å². The van der Waals surface area contributed by atoms with Crippen molar-refractivity contribution in [3.05, 3.63) is 65.7 Å². The van der Waals surface area contributed by atoms with Gasteiger partial charge in [0.2, 0.25) is 5.78 Å². The van der Waals surface area contributed by atoms with Crippen molar-refractivity contribution in [2.45, 2.75) is 25.0 Å². The van der Waals surface area contributed by atoms with E-state index in [9.17, 15) is 9.59 Å². The van der Waals surface area contributed by atoms with Crippen LogP contribution in [0.4, 0.5) is 0 Å². The van der Waals surface area contributed by atoms with E-state index >= 15 is 0 Å². The number of nitrogens with zero attached hydrogens (tertiary/aromatic N) is 1. The van der Waals surface area contributed by atoms with Crippen LogP contribution in [0.2, 0.25) is 0 Å². The maximum atomic E-state index is 12.0. The molecule has 0 spiro atoms. The molecule has 0 aromatic heterocycles. The highest BCUT2D eigenvalue weighted by Gasteiger charge is 2.30. The molecule has 2 atom stereocenters. The lowest BCUT2D eigenvalue weighted by molar-refractivity contribution is -0.132. The SMILES string of the molecule is COc1ccc(C[C@@H]2CN(Cc3ccccc3)CC(C(=O)C=O)N2)cc1. The molecule has 0 bridgehead atoms. The molecule has 2 aromatic carbocycles. The minimum Gasteiger partial charge on any atom is -0.497 e. The first kappa shape index (κ1) is 18.3. The zero-order chi connectivity index (χ0) is 18.4. The van der Waals surface area contributed by atoms with Gasteiger partial charge in [-0.3, -0.25) is 14.5 Å². The van der Waals surface area contributed by atoms with Crippen molar-refractivity contribution in [1.29, 1.82) is 0 Å². The van der Waals surface area contributed by atoms with Crippen LogP contribution < -0.4 is 10.1 Å². The van der Waals surface area contributed by atoms with Crippen molar-refractivity contribution < 1.29 is 14.3 Å². The highest BCUT2D eigenvalue weighted by atomic mass is 16.5. The molecule has 136 valence electrons. The summed E-state index contributed by atoms with van der Waals surface area (Å²) in [7, 11) is 1.65. The Kier molecular flexibility index (Phi) is 6.15. The summed E-state index contributed by atoms with van der Waals surface area (Å²) in [5, 5.41) is 3.34. The third kappa shape index (κ3) is 4.77. The molecule has 1 unspecified atom stereocenters. The summed E-state index contributed by atoms with van der Waals surface area (Å²) < 4.78 is 5.20. The van der Waals surface area contributed by atoms with Crippen LogP contribution in [0, 0.1) is 0 Å². The van der Waals surface area contributed by atoms with Crippen LogP contribution in [-0.4, -0.2) is 49.3 Å². The fourth-order valence-electron chi connectivity index (χ4n) is 3.43. The summed E-state index contributed by atoms with van der Waals surface area (Å²) in [6.45, 7) is 2.14. The largest absolute Gasteiger partial charge is 0.497 e. The second-order valence-corrected chi connectivity index (χ2v) is 6.67. The highest BCUT2D eigenvalue weighted by molar-refractivity contribution is 6.27. The van der Waals surface area contributed by atoms with Gasteiger partial charge in [0.1, 0.15) is 5.75 Å². The molecule has 1 N–H and O–H groups in total. The van der Waals surface area contributed by atoms with Gasteiger partial charge in [-0.15, -0.1) is 0 Å². The molecule has 5 heteroatoms. The lowest BCUT2D eigenvalue weighted by atomic mass is 9.99. The van der Waals surface area contributed by atoms with E-state index in [1.165, 1.54) is 11.1 Å². The van der Waals surface area contributed by atoms with E-state index < -0.39 is 6.04 Å². The van der Waals surface area contributed by atoms with Gasteiger partial charge in [0.15, 0.2) is 6.29 Å². The first-order valence-corrected chi connectivity index (χ1v) is 8.82. The molecule has 0 radical (unpaired) electrons. The molecule has 0 amide bonds. The Hall–Kier alpha value is -2.50. The normalized spacial score (nSPS) is 20.5. The first-order chi connectivity index (χ1) is 12.7. The number of ether oxygens (including phenoxy) is 1. The molecule has 0 saturated carbocycles. The van der Waals surface area contributed by atoms with Crippen LogP contribution in [0.1, 0.15) is 11.1 Å². The van der Waals surface area contributed by atoms with Gasteiger partial charge in [0, 0.05) is 25.7 Å². The van der Waals surface area contributed by atoms with E-state index in [-0.39, 0.29) is 11.8 Å². The number of benzene rings is 2. The van der Waals surface area contributed by atoms with E-state index in [2.05, 4.69) is 22.3 Å². The molecule has 5 nitrogen and oxygen atoms in total. The third-order valence-corrected chi connectivity index (χ3v) is 4.71. The Morgan fingerprint density at radius 3 is 2.50 bits per heavy atom. The Morgan fingerprint density at radius 1 is 1.12 bits per heavy atom. The number of Topliss-reactive ketones (excluding diaryl/α,β-unsaturated/α-hetero) is 1. The van der Waals surface area contributed by atoms with E-state index in [0.717, 1.165) is 25.3 Å². The molecule has 3 rings (SSSR count). The van der Waals surface area contributed by atoms with Crippen molar-refractivity contribution in [2.24, 2.45) is 0 Å². The van der Waals surface area contributed by atoms with Gasteiger partial charge < -0.3 is 10.1 Å². The standard InChI is InChI=1S/C21H24N2O3/c1-26-19-9-7-16(8-10-19)11-18-13-23(12-17-5-3-2-4-6-17)14-20(22-18)21(25)15-24/h2-10,15,18,20,22H,11-14H2,1H3/t18-,20?/m1/s1. The van der Waals surface area contributed by atoms with E-state index in [1.54, 1.807) is 7.11 Å². The topological polar surface area (TPSA) is 58.6 Å². The lowest BCUT2D eigenvalue weighted by Gasteiger charge is -2.38.